The number of para-hydroxylation sites is 1. The number of nitrogen functional groups attached to an aromatic ring is 1. The fourth-order valence-electron chi connectivity index (χ4n) is 1.47. The van der Waals surface area contributed by atoms with Gasteiger partial charge in [-0.3, -0.25) is 10.6 Å². The third-order valence-corrected chi connectivity index (χ3v) is 3.13. The van der Waals surface area contributed by atoms with Crippen molar-refractivity contribution >= 4 is 33.2 Å². The highest BCUT2D eigenvalue weighted by Gasteiger charge is 2.07. The van der Waals surface area contributed by atoms with Gasteiger partial charge in [-0.15, -0.1) is 0 Å². The molecule has 0 aliphatic heterocycles. The molecule has 0 bridgehead atoms. The number of hydrogen-bond donors (Lipinski definition) is 3. The Bertz CT molecular complexity index is 554. The second kappa shape index (κ2) is 5.66. The lowest BCUT2D eigenvalue weighted by Crippen LogP contribution is -2.12. The van der Waals surface area contributed by atoms with Crippen LogP contribution in [0.15, 0.2) is 53.0 Å². The smallest absolute Gasteiger partial charge is 0.255 e. The molecule has 92 valence electrons. The van der Waals surface area contributed by atoms with Gasteiger partial charge in [0.15, 0.2) is 0 Å². The van der Waals surface area contributed by atoms with E-state index in [9.17, 15) is 4.79 Å². The lowest BCUT2D eigenvalue weighted by atomic mass is 10.2. The summed E-state index contributed by atoms with van der Waals surface area (Å²) >= 11 is 3.38. The maximum Gasteiger partial charge on any atom is 0.255 e. The van der Waals surface area contributed by atoms with E-state index in [-0.39, 0.29) is 5.91 Å². The number of hydrogen-bond acceptors (Lipinski definition) is 3. The monoisotopic (exact) mass is 305 g/mol. The summed E-state index contributed by atoms with van der Waals surface area (Å²) < 4.78 is 0.846. The maximum atomic E-state index is 12.0. The van der Waals surface area contributed by atoms with Crippen LogP contribution >= 0.6 is 15.9 Å². The van der Waals surface area contributed by atoms with Crippen LogP contribution in [0.1, 0.15) is 10.4 Å². The summed E-state index contributed by atoms with van der Waals surface area (Å²) in [5.74, 6) is 5.10. The van der Waals surface area contributed by atoms with Crippen molar-refractivity contribution in [2.24, 2.45) is 5.84 Å². The molecule has 0 aliphatic rings. The minimum Gasteiger partial charge on any atom is -0.324 e. The summed E-state index contributed by atoms with van der Waals surface area (Å²) in [7, 11) is 0. The fourth-order valence-corrected chi connectivity index (χ4v) is 1.86. The first-order valence-electron chi connectivity index (χ1n) is 5.33. The number of hydrazine groups is 1. The summed E-state index contributed by atoms with van der Waals surface area (Å²) in [6.45, 7) is 0. The summed E-state index contributed by atoms with van der Waals surface area (Å²) in [5, 5.41) is 2.83. The van der Waals surface area contributed by atoms with Crippen LogP contribution in [0.4, 0.5) is 11.4 Å². The predicted molar refractivity (Wildman–Crippen MR) is 76.3 cm³/mol. The first kappa shape index (κ1) is 12.6. The molecule has 0 saturated heterocycles. The van der Waals surface area contributed by atoms with Crippen LogP contribution in [0.25, 0.3) is 0 Å². The molecule has 0 radical (unpaired) electrons. The van der Waals surface area contributed by atoms with Gasteiger partial charge in [0.1, 0.15) is 0 Å². The van der Waals surface area contributed by atoms with E-state index in [1.54, 1.807) is 24.3 Å². The number of rotatable bonds is 3. The van der Waals surface area contributed by atoms with Gasteiger partial charge in [0.05, 0.1) is 5.69 Å². The first-order valence-corrected chi connectivity index (χ1v) is 6.12. The Labute approximate surface area is 113 Å². The molecule has 0 spiro atoms. The van der Waals surface area contributed by atoms with Gasteiger partial charge in [-0.05, 0) is 52.3 Å². The van der Waals surface area contributed by atoms with Crippen LogP contribution in [-0.4, -0.2) is 5.91 Å². The van der Waals surface area contributed by atoms with Crippen molar-refractivity contribution in [2.75, 3.05) is 10.7 Å². The Kier molecular flexibility index (Phi) is 3.96. The molecule has 0 aromatic heterocycles. The molecule has 4 N–H and O–H groups in total. The molecule has 4 nitrogen and oxygen atoms in total. The fraction of sp³-hybridized carbons (Fsp3) is 0. The van der Waals surface area contributed by atoms with E-state index in [0.717, 1.165) is 15.8 Å². The number of anilines is 2. The summed E-state index contributed by atoms with van der Waals surface area (Å²) in [6, 6.07) is 14.4. The normalized spacial score (nSPS) is 9.89. The standard InChI is InChI=1S/C13H12BrN3O/c14-11-3-1-2-4-12(11)16-13(18)9-5-7-10(17-15)8-6-9/h1-8,17H,15H2,(H,16,18). The van der Waals surface area contributed by atoms with Gasteiger partial charge in [-0.1, -0.05) is 12.1 Å². The van der Waals surface area contributed by atoms with Gasteiger partial charge in [0.2, 0.25) is 0 Å². The van der Waals surface area contributed by atoms with Crippen molar-refractivity contribution in [3.05, 3.63) is 58.6 Å². The average molecular weight is 306 g/mol. The Morgan fingerprint density at radius 3 is 2.33 bits per heavy atom. The van der Waals surface area contributed by atoms with Gasteiger partial charge in [-0.25, -0.2) is 0 Å². The highest BCUT2D eigenvalue weighted by molar-refractivity contribution is 9.10. The molecule has 2 rings (SSSR count). The van der Waals surface area contributed by atoms with E-state index in [4.69, 9.17) is 5.84 Å². The Morgan fingerprint density at radius 2 is 1.72 bits per heavy atom. The Balaban J connectivity index is 2.14. The van der Waals surface area contributed by atoms with Gasteiger partial charge >= 0.3 is 0 Å². The molecule has 0 heterocycles. The molecule has 2 aromatic rings. The Hall–Kier alpha value is -1.85. The molecular formula is C13H12BrN3O. The molecule has 0 unspecified atom stereocenters. The highest BCUT2D eigenvalue weighted by atomic mass is 79.9. The SMILES string of the molecule is NNc1ccc(C(=O)Nc2ccccc2Br)cc1. The Morgan fingerprint density at radius 1 is 1.06 bits per heavy atom. The highest BCUT2D eigenvalue weighted by Crippen LogP contribution is 2.22. The number of benzene rings is 2. The van der Waals surface area contributed by atoms with E-state index in [2.05, 4.69) is 26.7 Å². The number of nitrogens with one attached hydrogen (secondary N) is 2. The molecule has 0 saturated carbocycles. The zero-order chi connectivity index (χ0) is 13.0. The molecule has 1 amide bonds. The maximum absolute atomic E-state index is 12.0. The predicted octanol–water partition coefficient (Wildman–Crippen LogP) is 2.99. The van der Waals surface area contributed by atoms with Crippen LogP contribution in [-0.2, 0) is 0 Å². The average Bonchev–Trinajstić information content (AvgIpc) is 2.41. The van der Waals surface area contributed by atoms with E-state index < -0.39 is 0 Å². The number of carbonyl (C=O) groups excluding carboxylic acids is 1. The number of amides is 1. The molecule has 2 aromatic carbocycles. The number of halogens is 1. The topological polar surface area (TPSA) is 67.1 Å². The molecule has 0 atom stereocenters. The first-order chi connectivity index (χ1) is 8.70. The zero-order valence-electron chi connectivity index (χ0n) is 9.48. The summed E-state index contributed by atoms with van der Waals surface area (Å²) in [5.41, 5.74) is 4.58. The zero-order valence-corrected chi connectivity index (χ0v) is 11.1. The van der Waals surface area contributed by atoms with Crippen LogP contribution in [0.3, 0.4) is 0 Å². The van der Waals surface area contributed by atoms with Crippen LogP contribution in [0.5, 0.6) is 0 Å². The largest absolute Gasteiger partial charge is 0.324 e. The third kappa shape index (κ3) is 2.88. The summed E-state index contributed by atoms with van der Waals surface area (Å²) in [4.78, 5) is 12.0. The summed E-state index contributed by atoms with van der Waals surface area (Å²) in [6.07, 6.45) is 0. The minimum absolute atomic E-state index is 0.162. The minimum atomic E-state index is -0.162. The quantitative estimate of drug-likeness (QED) is 0.603. The van der Waals surface area contributed by atoms with Crippen LogP contribution in [0.2, 0.25) is 0 Å². The molecule has 5 heteroatoms. The van der Waals surface area contributed by atoms with Gasteiger partial charge < -0.3 is 10.7 Å². The van der Waals surface area contributed by atoms with E-state index in [1.165, 1.54) is 0 Å². The number of nitrogens with two attached hydrogens (primary N) is 1. The lowest BCUT2D eigenvalue weighted by molar-refractivity contribution is 0.102. The molecule has 18 heavy (non-hydrogen) atoms. The second-order valence-electron chi connectivity index (χ2n) is 3.66. The van der Waals surface area contributed by atoms with E-state index in [1.807, 2.05) is 24.3 Å². The van der Waals surface area contributed by atoms with Gasteiger partial charge in [0, 0.05) is 15.7 Å². The third-order valence-electron chi connectivity index (χ3n) is 2.44. The van der Waals surface area contributed by atoms with Crippen LogP contribution in [0, 0.1) is 0 Å². The van der Waals surface area contributed by atoms with Crippen LogP contribution < -0.4 is 16.6 Å². The van der Waals surface area contributed by atoms with Gasteiger partial charge in [-0.2, -0.15) is 0 Å². The van der Waals surface area contributed by atoms with Crippen molar-refractivity contribution < 1.29 is 4.79 Å². The molecule has 0 aliphatic carbocycles. The van der Waals surface area contributed by atoms with Crippen molar-refractivity contribution in [3.63, 3.8) is 0 Å². The van der Waals surface area contributed by atoms with Crippen molar-refractivity contribution in [3.8, 4) is 0 Å². The molecular weight excluding hydrogens is 294 g/mol. The second-order valence-corrected chi connectivity index (χ2v) is 4.51. The van der Waals surface area contributed by atoms with Crippen molar-refractivity contribution in [1.29, 1.82) is 0 Å². The molecule has 0 fully saturated rings. The lowest BCUT2D eigenvalue weighted by Gasteiger charge is -2.07. The van der Waals surface area contributed by atoms with Crippen molar-refractivity contribution in [1.82, 2.24) is 0 Å². The number of carbonyl (C=O) groups is 1. The van der Waals surface area contributed by atoms with Gasteiger partial charge in [0.25, 0.3) is 5.91 Å². The van der Waals surface area contributed by atoms with E-state index in [0.29, 0.717) is 5.56 Å². The van der Waals surface area contributed by atoms with E-state index >= 15 is 0 Å². The van der Waals surface area contributed by atoms with Crippen molar-refractivity contribution in [2.45, 2.75) is 0 Å².